The summed E-state index contributed by atoms with van der Waals surface area (Å²) in [6.07, 6.45) is -0.129. The molecule has 0 aromatic heterocycles. The van der Waals surface area contributed by atoms with Gasteiger partial charge in [-0.15, -0.1) is 0 Å². The van der Waals surface area contributed by atoms with Gasteiger partial charge in [-0.1, -0.05) is 19.9 Å². The van der Waals surface area contributed by atoms with Gasteiger partial charge in [0.15, 0.2) is 0 Å². The van der Waals surface area contributed by atoms with Gasteiger partial charge < -0.3 is 10.4 Å². The maximum atomic E-state index is 12.2. The van der Waals surface area contributed by atoms with Crippen molar-refractivity contribution in [3.63, 3.8) is 0 Å². The van der Waals surface area contributed by atoms with Gasteiger partial charge in [-0.05, 0) is 24.1 Å². The lowest BCUT2D eigenvalue weighted by Crippen LogP contribution is -2.46. The van der Waals surface area contributed by atoms with Crippen LogP contribution in [-0.4, -0.2) is 30.2 Å². The van der Waals surface area contributed by atoms with Gasteiger partial charge in [0.25, 0.3) is 0 Å². The number of hydrogen-bond donors (Lipinski definition) is 2. The average molecular weight is 289 g/mol. The zero-order valence-corrected chi connectivity index (χ0v) is 12.3. The van der Waals surface area contributed by atoms with Crippen molar-refractivity contribution in [2.75, 3.05) is 11.9 Å². The number of amides is 2. The SMILES string of the molecule is CC(C)C(CC(=O)O)NC(=O)N(C)c1cccc(C#N)c1. The van der Waals surface area contributed by atoms with Crippen molar-refractivity contribution in [1.82, 2.24) is 5.32 Å². The molecule has 0 saturated heterocycles. The van der Waals surface area contributed by atoms with Crippen LogP contribution in [-0.2, 0) is 4.79 Å². The maximum absolute atomic E-state index is 12.2. The Balaban J connectivity index is 2.81. The molecule has 1 unspecified atom stereocenters. The average Bonchev–Trinajstić information content (AvgIpc) is 2.45. The van der Waals surface area contributed by atoms with Crippen LogP contribution in [0.3, 0.4) is 0 Å². The van der Waals surface area contributed by atoms with Crippen LogP contribution in [0.25, 0.3) is 0 Å². The molecule has 1 aromatic carbocycles. The fraction of sp³-hybridized carbons (Fsp3) is 0.400. The molecule has 1 rings (SSSR count). The third-order valence-electron chi connectivity index (χ3n) is 3.18. The van der Waals surface area contributed by atoms with Crippen LogP contribution in [0.4, 0.5) is 10.5 Å². The van der Waals surface area contributed by atoms with Crippen molar-refractivity contribution >= 4 is 17.7 Å². The van der Waals surface area contributed by atoms with Crippen molar-refractivity contribution < 1.29 is 14.7 Å². The Bertz CT molecular complexity index is 564. The minimum absolute atomic E-state index is 0.00360. The largest absolute Gasteiger partial charge is 0.481 e. The van der Waals surface area contributed by atoms with E-state index in [0.717, 1.165) is 0 Å². The van der Waals surface area contributed by atoms with Crippen molar-refractivity contribution in [3.8, 4) is 6.07 Å². The first-order chi connectivity index (χ1) is 9.85. The van der Waals surface area contributed by atoms with E-state index >= 15 is 0 Å². The molecule has 1 aromatic rings. The molecule has 1 atom stereocenters. The molecule has 0 bridgehead atoms. The predicted molar refractivity (Wildman–Crippen MR) is 79.0 cm³/mol. The molecular weight excluding hydrogens is 270 g/mol. The first-order valence-electron chi connectivity index (χ1n) is 6.61. The van der Waals surface area contributed by atoms with Crippen LogP contribution in [0, 0.1) is 17.2 Å². The molecule has 6 nitrogen and oxygen atoms in total. The van der Waals surface area contributed by atoms with Crippen molar-refractivity contribution in [2.45, 2.75) is 26.3 Å². The van der Waals surface area contributed by atoms with Crippen molar-refractivity contribution in [1.29, 1.82) is 5.26 Å². The molecule has 0 saturated carbocycles. The molecule has 2 N–H and O–H groups in total. The molecule has 6 heteroatoms. The molecule has 21 heavy (non-hydrogen) atoms. The van der Waals surface area contributed by atoms with Crippen molar-refractivity contribution in [3.05, 3.63) is 29.8 Å². The fourth-order valence-corrected chi connectivity index (χ4v) is 1.80. The van der Waals surface area contributed by atoms with Crippen LogP contribution >= 0.6 is 0 Å². The number of nitrogens with one attached hydrogen (secondary N) is 1. The van der Waals surface area contributed by atoms with Crippen molar-refractivity contribution in [2.24, 2.45) is 5.92 Å². The normalized spacial score (nSPS) is 11.6. The monoisotopic (exact) mass is 289 g/mol. The van der Waals surface area contributed by atoms with E-state index in [1.807, 2.05) is 19.9 Å². The summed E-state index contributed by atoms with van der Waals surface area (Å²) in [6, 6.07) is 7.81. The second-order valence-electron chi connectivity index (χ2n) is 5.12. The van der Waals surface area contributed by atoms with E-state index in [1.165, 1.54) is 4.90 Å². The number of benzene rings is 1. The number of rotatable bonds is 5. The Morgan fingerprint density at radius 1 is 1.43 bits per heavy atom. The Morgan fingerprint density at radius 3 is 2.62 bits per heavy atom. The molecule has 112 valence electrons. The highest BCUT2D eigenvalue weighted by Gasteiger charge is 2.21. The summed E-state index contributed by atoms with van der Waals surface area (Å²) in [5, 5.41) is 20.4. The Morgan fingerprint density at radius 2 is 2.10 bits per heavy atom. The van der Waals surface area contributed by atoms with Crippen LogP contribution < -0.4 is 10.2 Å². The number of carboxylic acid groups (broad SMARTS) is 1. The van der Waals surface area contributed by atoms with Crippen LogP contribution in [0.15, 0.2) is 24.3 Å². The Hall–Kier alpha value is -2.55. The summed E-state index contributed by atoms with van der Waals surface area (Å²) >= 11 is 0. The first-order valence-corrected chi connectivity index (χ1v) is 6.61. The van der Waals surface area contributed by atoms with Gasteiger partial charge in [-0.2, -0.15) is 5.26 Å². The number of aliphatic carboxylic acids is 1. The third kappa shape index (κ3) is 4.80. The highest BCUT2D eigenvalue weighted by molar-refractivity contribution is 5.92. The zero-order valence-electron chi connectivity index (χ0n) is 12.3. The van der Waals surface area contributed by atoms with Gasteiger partial charge in [0, 0.05) is 18.8 Å². The quantitative estimate of drug-likeness (QED) is 0.869. The smallest absolute Gasteiger partial charge is 0.321 e. The minimum Gasteiger partial charge on any atom is -0.481 e. The fourth-order valence-electron chi connectivity index (χ4n) is 1.80. The molecule has 0 heterocycles. The lowest BCUT2D eigenvalue weighted by molar-refractivity contribution is -0.137. The van der Waals surface area contributed by atoms with Crippen LogP contribution in [0.2, 0.25) is 0 Å². The molecular formula is C15H19N3O3. The highest BCUT2D eigenvalue weighted by Crippen LogP contribution is 2.15. The number of carbonyl (C=O) groups excluding carboxylic acids is 1. The topological polar surface area (TPSA) is 93.4 Å². The van der Waals surface area contributed by atoms with E-state index in [2.05, 4.69) is 5.32 Å². The minimum atomic E-state index is -0.955. The summed E-state index contributed by atoms with van der Waals surface area (Å²) in [5.41, 5.74) is 1.03. The molecule has 0 aliphatic carbocycles. The van der Waals surface area contributed by atoms with Crippen LogP contribution in [0.5, 0.6) is 0 Å². The van der Waals surface area contributed by atoms with E-state index in [-0.39, 0.29) is 12.3 Å². The number of hydrogen-bond acceptors (Lipinski definition) is 3. The molecule has 0 radical (unpaired) electrons. The predicted octanol–water partition coefficient (Wildman–Crippen LogP) is 2.20. The number of urea groups is 1. The van der Waals surface area contributed by atoms with Gasteiger partial charge in [-0.3, -0.25) is 9.69 Å². The third-order valence-corrected chi connectivity index (χ3v) is 3.18. The summed E-state index contributed by atoms with van der Waals surface area (Å²) in [6.45, 7) is 3.70. The number of nitriles is 1. The zero-order chi connectivity index (χ0) is 16.0. The van der Waals surface area contributed by atoms with Gasteiger partial charge in [0.05, 0.1) is 18.1 Å². The van der Waals surface area contributed by atoms with Gasteiger partial charge in [-0.25, -0.2) is 4.79 Å². The number of nitrogens with zero attached hydrogens (tertiary/aromatic N) is 2. The van der Waals surface area contributed by atoms with E-state index in [0.29, 0.717) is 11.3 Å². The molecule has 2 amide bonds. The highest BCUT2D eigenvalue weighted by atomic mass is 16.4. The Kier molecular flexibility index (Phi) is 5.73. The maximum Gasteiger partial charge on any atom is 0.321 e. The second-order valence-corrected chi connectivity index (χ2v) is 5.12. The lowest BCUT2D eigenvalue weighted by Gasteiger charge is -2.25. The van der Waals surface area contributed by atoms with E-state index < -0.39 is 18.0 Å². The van der Waals surface area contributed by atoms with Gasteiger partial charge >= 0.3 is 12.0 Å². The van der Waals surface area contributed by atoms with Crippen LogP contribution in [0.1, 0.15) is 25.8 Å². The standard InChI is InChI=1S/C15H19N3O3/c1-10(2)13(8-14(19)20)17-15(21)18(3)12-6-4-5-11(7-12)9-16/h4-7,10,13H,8H2,1-3H3,(H,17,21)(H,19,20). The van der Waals surface area contributed by atoms with E-state index in [4.69, 9.17) is 10.4 Å². The summed E-state index contributed by atoms with van der Waals surface area (Å²) < 4.78 is 0. The van der Waals surface area contributed by atoms with E-state index in [9.17, 15) is 9.59 Å². The molecule has 0 spiro atoms. The molecule has 0 aliphatic rings. The number of anilines is 1. The van der Waals surface area contributed by atoms with Gasteiger partial charge in [0.2, 0.25) is 0 Å². The number of carbonyl (C=O) groups is 2. The first kappa shape index (κ1) is 16.5. The summed E-state index contributed by atoms with van der Waals surface area (Å²) in [7, 11) is 1.57. The van der Waals surface area contributed by atoms with E-state index in [1.54, 1.807) is 31.3 Å². The Labute approximate surface area is 124 Å². The summed E-state index contributed by atoms with van der Waals surface area (Å²) in [4.78, 5) is 24.4. The summed E-state index contributed by atoms with van der Waals surface area (Å²) in [5.74, 6) is -0.952. The second kappa shape index (κ2) is 7.29. The molecule has 0 aliphatic heterocycles. The number of carboxylic acids is 1. The van der Waals surface area contributed by atoms with Gasteiger partial charge in [0.1, 0.15) is 0 Å². The lowest BCUT2D eigenvalue weighted by atomic mass is 10.0. The molecule has 0 fully saturated rings.